The summed E-state index contributed by atoms with van der Waals surface area (Å²) in [5, 5.41) is 3.23. The standard InChI is InChI=1S/C12H19N3/c1-8(2)12-14-7-10-9(6-13-3)4-5-11(10)15-12/h7-9,13H,4-6H2,1-3H3. The quantitative estimate of drug-likeness (QED) is 0.818. The number of aromatic nitrogens is 2. The number of aryl methyl sites for hydroxylation is 1. The maximum atomic E-state index is 4.65. The predicted octanol–water partition coefficient (Wildman–Crippen LogP) is 1.85. The van der Waals surface area contributed by atoms with Crippen molar-refractivity contribution < 1.29 is 0 Å². The van der Waals surface area contributed by atoms with Gasteiger partial charge < -0.3 is 5.32 Å². The van der Waals surface area contributed by atoms with Crippen molar-refractivity contribution >= 4 is 0 Å². The van der Waals surface area contributed by atoms with Gasteiger partial charge in [0.05, 0.1) is 0 Å². The molecule has 1 atom stereocenters. The molecule has 82 valence electrons. The highest BCUT2D eigenvalue weighted by Gasteiger charge is 2.24. The molecule has 0 aromatic carbocycles. The van der Waals surface area contributed by atoms with E-state index >= 15 is 0 Å². The first-order chi connectivity index (χ1) is 7.22. The summed E-state index contributed by atoms with van der Waals surface area (Å²) in [6.45, 7) is 5.32. The first-order valence-corrected chi connectivity index (χ1v) is 5.72. The van der Waals surface area contributed by atoms with E-state index in [-0.39, 0.29) is 0 Å². The minimum absolute atomic E-state index is 0.429. The Bertz CT molecular complexity index is 347. The summed E-state index contributed by atoms with van der Waals surface area (Å²) in [5.41, 5.74) is 2.63. The van der Waals surface area contributed by atoms with Gasteiger partial charge in [-0.1, -0.05) is 13.8 Å². The van der Waals surface area contributed by atoms with Gasteiger partial charge in [-0.15, -0.1) is 0 Å². The molecule has 1 aliphatic carbocycles. The van der Waals surface area contributed by atoms with Gasteiger partial charge in [0.15, 0.2) is 0 Å². The van der Waals surface area contributed by atoms with Crippen molar-refractivity contribution in [3.05, 3.63) is 23.3 Å². The van der Waals surface area contributed by atoms with Crippen LogP contribution in [0.1, 0.15) is 49.2 Å². The molecule has 1 aliphatic rings. The molecule has 1 N–H and O–H groups in total. The first-order valence-electron chi connectivity index (χ1n) is 5.72. The monoisotopic (exact) mass is 205 g/mol. The van der Waals surface area contributed by atoms with Gasteiger partial charge in [0.25, 0.3) is 0 Å². The van der Waals surface area contributed by atoms with Crippen LogP contribution in [0, 0.1) is 0 Å². The molecule has 1 aromatic heterocycles. The average Bonchev–Trinajstić information content (AvgIpc) is 2.61. The van der Waals surface area contributed by atoms with E-state index in [1.807, 2.05) is 13.2 Å². The third kappa shape index (κ3) is 2.02. The second-order valence-electron chi connectivity index (χ2n) is 4.58. The van der Waals surface area contributed by atoms with Gasteiger partial charge >= 0.3 is 0 Å². The smallest absolute Gasteiger partial charge is 0.131 e. The van der Waals surface area contributed by atoms with Crippen LogP contribution in [0.2, 0.25) is 0 Å². The van der Waals surface area contributed by atoms with Gasteiger partial charge in [-0.2, -0.15) is 0 Å². The van der Waals surface area contributed by atoms with Crippen molar-refractivity contribution in [2.45, 2.75) is 38.5 Å². The number of likely N-dealkylation sites (N-methyl/N-ethyl adjacent to an activating group) is 1. The number of hydrogen-bond donors (Lipinski definition) is 1. The van der Waals surface area contributed by atoms with E-state index in [2.05, 4.69) is 29.1 Å². The lowest BCUT2D eigenvalue weighted by atomic mass is 10.0. The molecule has 0 spiro atoms. The maximum Gasteiger partial charge on any atom is 0.131 e. The highest BCUT2D eigenvalue weighted by molar-refractivity contribution is 5.28. The Morgan fingerprint density at radius 1 is 1.53 bits per heavy atom. The summed E-state index contributed by atoms with van der Waals surface area (Å²) in [6, 6.07) is 0. The van der Waals surface area contributed by atoms with E-state index in [1.54, 1.807) is 0 Å². The molecule has 0 saturated heterocycles. The third-order valence-electron chi connectivity index (χ3n) is 3.05. The van der Waals surface area contributed by atoms with E-state index in [1.165, 1.54) is 17.7 Å². The first kappa shape index (κ1) is 10.6. The largest absolute Gasteiger partial charge is 0.319 e. The van der Waals surface area contributed by atoms with E-state index in [9.17, 15) is 0 Å². The van der Waals surface area contributed by atoms with Crippen LogP contribution < -0.4 is 5.32 Å². The van der Waals surface area contributed by atoms with Gasteiger partial charge in [-0.25, -0.2) is 9.97 Å². The van der Waals surface area contributed by atoms with E-state index in [0.717, 1.165) is 18.8 Å². The Labute approximate surface area is 91.3 Å². The topological polar surface area (TPSA) is 37.8 Å². The van der Waals surface area contributed by atoms with Gasteiger partial charge in [0, 0.05) is 30.3 Å². The van der Waals surface area contributed by atoms with Gasteiger partial charge in [0.2, 0.25) is 0 Å². The van der Waals surface area contributed by atoms with Crippen LogP contribution in [0.5, 0.6) is 0 Å². The van der Waals surface area contributed by atoms with Crippen LogP contribution in [-0.2, 0) is 6.42 Å². The molecule has 0 fully saturated rings. The number of nitrogens with zero attached hydrogens (tertiary/aromatic N) is 2. The molecule has 15 heavy (non-hydrogen) atoms. The molecule has 2 rings (SSSR count). The summed E-state index contributed by atoms with van der Waals surface area (Å²) in [4.78, 5) is 9.09. The molecule has 0 amide bonds. The van der Waals surface area contributed by atoms with E-state index < -0.39 is 0 Å². The Morgan fingerprint density at radius 3 is 3.00 bits per heavy atom. The van der Waals surface area contributed by atoms with Crippen LogP contribution in [-0.4, -0.2) is 23.6 Å². The Balaban J connectivity index is 2.25. The highest BCUT2D eigenvalue weighted by atomic mass is 14.9. The lowest BCUT2D eigenvalue weighted by Crippen LogP contribution is -2.15. The zero-order valence-corrected chi connectivity index (χ0v) is 9.75. The minimum atomic E-state index is 0.429. The summed E-state index contributed by atoms with van der Waals surface area (Å²) in [6.07, 6.45) is 4.36. The fourth-order valence-electron chi connectivity index (χ4n) is 2.19. The van der Waals surface area contributed by atoms with Crippen LogP contribution in [0.15, 0.2) is 6.20 Å². The van der Waals surface area contributed by atoms with Crippen molar-refractivity contribution in [2.75, 3.05) is 13.6 Å². The fourth-order valence-corrected chi connectivity index (χ4v) is 2.19. The Hall–Kier alpha value is -0.960. The molecule has 0 saturated carbocycles. The molecule has 0 radical (unpaired) electrons. The van der Waals surface area contributed by atoms with E-state index in [0.29, 0.717) is 11.8 Å². The van der Waals surface area contributed by atoms with Crippen LogP contribution >= 0.6 is 0 Å². The van der Waals surface area contributed by atoms with Crippen molar-refractivity contribution in [3.63, 3.8) is 0 Å². The van der Waals surface area contributed by atoms with Crippen LogP contribution in [0.4, 0.5) is 0 Å². The highest BCUT2D eigenvalue weighted by Crippen LogP contribution is 2.31. The van der Waals surface area contributed by atoms with Crippen molar-refractivity contribution in [2.24, 2.45) is 0 Å². The van der Waals surface area contributed by atoms with Crippen molar-refractivity contribution in [3.8, 4) is 0 Å². The molecule has 1 unspecified atom stereocenters. The molecular formula is C12H19N3. The van der Waals surface area contributed by atoms with E-state index in [4.69, 9.17) is 0 Å². The summed E-state index contributed by atoms with van der Waals surface area (Å²) in [5.74, 6) is 2.03. The number of fused-ring (bicyclic) bond motifs is 1. The summed E-state index contributed by atoms with van der Waals surface area (Å²) < 4.78 is 0. The number of nitrogens with one attached hydrogen (secondary N) is 1. The molecule has 0 bridgehead atoms. The lowest BCUT2D eigenvalue weighted by Gasteiger charge is -2.10. The van der Waals surface area contributed by atoms with Gasteiger partial charge in [-0.05, 0) is 25.5 Å². The van der Waals surface area contributed by atoms with Gasteiger partial charge in [-0.3, -0.25) is 0 Å². The van der Waals surface area contributed by atoms with Crippen LogP contribution in [0.25, 0.3) is 0 Å². The van der Waals surface area contributed by atoms with Crippen LogP contribution in [0.3, 0.4) is 0 Å². The molecule has 0 aliphatic heterocycles. The Kier molecular flexibility index (Phi) is 3.00. The predicted molar refractivity (Wildman–Crippen MR) is 61.1 cm³/mol. The Morgan fingerprint density at radius 2 is 2.33 bits per heavy atom. The minimum Gasteiger partial charge on any atom is -0.319 e. The zero-order chi connectivity index (χ0) is 10.8. The molecule has 1 aromatic rings. The zero-order valence-electron chi connectivity index (χ0n) is 9.75. The lowest BCUT2D eigenvalue weighted by molar-refractivity contribution is 0.622. The maximum absolute atomic E-state index is 4.65. The molecule has 3 nitrogen and oxygen atoms in total. The molecule has 3 heteroatoms. The second-order valence-corrected chi connectivity index (χ2v) is 4.58. The fraction of sp³-hybridized carbons (Fsp3) is 0.667. The van der Waals surface area contributed by atoms with Crippen molar-refractivity contribution in [1.29, 1.82) is 0 Å². The second kappa shape index (κ2) is 4.27. The normalized spacial score (nSPS) is 19.6. The summed E-state index contributed by atoms with van der Waals surface area (Å²) >= 11 is 0. The number of rotatable bonds is 3. The number of hydrogen-bond acceptors (Lipinski definition) is 3. The summed E-state index contributed by atoms with van der Waals surface area (Å²) in [7, 11) is 2.00. The molecular weight excluding hydrogens is 186 g/mol. The van der Waals surface area contributed by atoms with Gasteiger partial charge in [0.1, 0.15) is 5.82 Å². The SMILES string of the molecule is CNCC1CCc2nc(C(C)C)ncc21. The van der Waals surface area contributed by atoms with Crippen molar-refractivity contribution in [1.82, 2.24) is 15.3 Å². The molecule has 1 heterocycles. The third-order valence-corrected chi connectivity index (χ3v) is 3.05. The average molecular weight is 205 g/mol.